The molecular formula is C11H10N4O2S. The summed E-state index contributed by atoms with van der Waals surface area (Å²) in [6.07, 6.45) is 0. The molecule has 0 radical (unpaired) electrons. The molecule has 7 heteroatoms. The number of hydrogen-bond acceptors (Lipinski definition) is 6. The van der Waals surface area contributed by atoms with E-state index in [1.54, 1.807) is 31.2 Å². The summed E-state index contributed by atoms with van der Waals surface area (Å²) in [6, 6.07) is 8.77. The van der Waals surface area contributed by atoms with Crippen molar-refractivity contribution in [2.45, 2.75) is 6.92 Å². The molecule has 0 aliphatic carbocycles. The molecule has 1 aromatic carbocycles. The summed E-state index contributed by atoms with van der Waals surface area (Å²) in [7, 11) is 0. The van der Waals surface area contributed by atoms with Crippen molar-refractivity contribution in [3.8, 4) is 0 Å². The summed E-state index contributed by atoms with van der Waals surface area (Å²) < 4.78 is 7.92. The van der Waals surface area contributed by atoms with Crippen molar-refractivity contribution < 1.29 is 10.0 Å². The molecule has 0 aliphatic heterocycles. The van der Waals surface area contributed by atoms with Gasteiger partial charge in [-0.25, -0.2) is 0 Å². The van der Waals surface area contributed by atoms with Crippen LogP contribution in [0.3, 0.4) is 0 Å². The zero-order chi connectivity index (χ0) is 13.0. The monoisotopic (exact) mass is 262 g/mol. The SMILES string of the molecule is C/C(=N\O)c1nsnc1NC(=O)c1ccccc1. The molecule has 0 bridgehead atoms. The minimum absolute atomic E-state index is 0.282. The highest BCUT2D eigenvalue weighted by Crippen LogP contribution is 2.14. The van der Waals surface area contributed by atoms with Gasteiger partial charge in [-0.3, -0.25) is 4.79 Å². The summed E-state index contributed by atoms with van der Waals surface area (Å²) in [5, 5.41) is 14.4. The molecule has 0 spiro atoms. The van der Waals surface area contributed by atoms with E-state index in [-0.39, 0.29) is 5.91 Å². The summed E-state index contributed by atoms with van der Waals surface area (Å²) in [5.74, 6) is 0.0134. The van der Waals surface area contributed by atoms with Crippen molar-refractivity contribution in [1.29, 1.82) is 0 Å². The van der Waals surface area contributed by atoms with Crippen LogP contribution in [-0.4, -0.2) is 25.6 Å². The summed E-state index contributed by atoms with van der Waals surface area (Å²) in [5.41, 5.74) is 1.19. The largest absolute Gasteiger partial charge is 0.411 e. The van der Waals surface area contributed by atoms with Crippen LogP contribution in [-0.2, 0) is 0 Å². The van der Waals surface area contributed by atoms with E-state index >= 15 is 0 Å². The molecule has 18 heavy (non-hydrogen) atoms. The van der Waals surface area contributed by atoms with Crippen molar-refractivity contribution in [3.63, 3.8) is 0 Å². The van der Waals surface area contributed by atoms with Crippen molar-refractivity contribution in [1.82, 2.24) is 8.75 Å². The van der Waals surface area contributed by atoms with Gasteiger partial charge in [0.15, 0.2) is 5.82 Å². The molecule has 1 amide bonds. The van der Waals surface area contributed by atoms with E-state index in [1.807, 2.05) is 6.07 Å². The molecule has 92 valence electrons. The van der Waals surface area contributed by atoms with Gasteiger partial charge in [0.1, 0.15) is 11.4 Å². The fourth-order valence-electron chi connectivity index (χ4n) is 1.32. The predicted molar refractivity (Wildman–Crippen MR) is 68.3 cm³/mol. The van der Waals surface area contributed by atoms with E-state index in [4.69, 9.17) is 5.21 Å². The Morgan fingerprint density at radius 2 is 2.06 bits per heavy atom. The van der Waals surface area contributed by atoms with Gasteiger partial charge in [-0.05, 0) is 19.1 Å². The Balaban J connectivity index is 2.21. The van der Waals surface area contributed by atoms with E-state index in [1.165, 1.54) is 0 Å². The second-order valence-corrected chi connectivity index (χ2v) is 4.00. The molecule has 1 heterocycles. The van der Waals surface area contributed by atoms with E-state index in [0.717, 1.165) is 11.7 Å². The molecule has 2 rings (SSSR count). The summed E-state index contributed by atoms with van der Waals surface area (Å²) >= 11 is 0.940. The molecule has 0 atom stereocenters. The van der Waals surface area contributed by atoms with Crippen LogP contribution in [0.2, 0.25) is 0 Å². The van der Waals surface area contributed by atoms with Crippen molar-refractivity contribution in [2.75, 3.05) is 5.32 Å². The Morgan fingerprint density at radius 3 is 2.72 bits per heavy atom. The van der Waals surface area contributed by atoms with Gasteiger partial charge in [0.25, 0.3) is 5.91 Å². The fourth-order valence-corrected chi connectivity index (χ4v) is 1.88. The lowest BCUT2D eigenvalue weighted by Crippen LogP contribution is -2.14. The lowest BCUT2D eigenvalue weighted by atomic mass is 10.2. The molecule has 0 saturated carbocycles. The van der Waals surface area contributed by atoms with Crippen molar-refractivity contribution in [2.24, 2.45) is 5.16 Å². The van der Waals surface area contributed by atoms with E-state index in [9.17, 15) is 4.79 Å². The lowest BCUT2D eigenvalue weighted by Gasteiger charge is -2.03. The lowest BCUT2D eigenvalue weighted by molar-refractivity contribution is 0.102. The first kappa shape index (κ1) is 12.2. The number of aromatic nitrogens is 2. The number of nitrogens with zero attached hydrogens (tertiary/aromatic N) is 3. The summed E-state index contributed by atoms with van der Waals surface area (Å²) in [6.45, 7) is 1.58. The average Bonchev–Trinajstić information content (AvgIpc) is 2.87. The number of amides is 1. The number of rotatable bonds is 3. The molecule has 6 nitrogen and oxygen atoms in total. The Morgan fingerprint density at radius 1 is 1.33 bits per heavy atom. The van der Waals surface area contributed by atoms with Gasteiger partial charge in [0.05, 0.1) is 11.7 Å². The van der Waals surface area contributed by atoms with Crippen LogP contribution in [0.4, 0.5) is 5.82 Å². The molecule has 0 unspecified atom stereocenters. The highest BCUT2D eigenvalue weighted by Gasteiger charge is 2.15. The van der Waals surface area contributed by atoms with Crippen LogP contribution in [0.15, 0.2) is 35.5 Å². The number of nitrogens with one attached hydrogen (secondary N) is 1. The third-order valence-electron chi connectivity index (χ3n) is 2.25. The average molecular weight is 262 g/mol. The van der Waals surface area contributed by atoms with Crippen LogP contribution in [0.5, 0.6) is 0 Å². The zero-order valence-electron chi connectivity index (χ0n) is 9.49. The second kappa shape index (κ2) is 5.37. The highest BCUT2D eigenvalue weighted by atomic mass is 32.1. The number of carbonyl (C=O) groups is 1. The van der Waals surface area contributed by atoms with Gasteiger partial charge in [-0.2, -0.15) is 8.75 Å². The first-order chi connectivity index (χ1) is 8.72. The van der Waals surface area contributed by atoms with Crippen molar-refractivity contribution >= 4 is 29.2 Å². The minimum atomic E-state index is -0.282. The van der Waals surface area contributed by atoms with Gasteiger partial charge < -0.3 is 10.5 Å². The second-order valence-electron chi connectivity index (χ2n) is 3.47. The fraction of sp³-hybridized carbons (Fsp3) is 0.0909. The van der Waals surface area contributed by atoms with Crippen LogP contribution < -0.4 is 5.32 Å². The van der Waals surface area contributed by atoms with Gasteiger partial charge in [0, 0.05) is 5.56 Å². The maximum absolute atomic E-state index is 11.9. The van der Waals surface area contributed by atoms with E-state index in [0.29, 0.717) is 22.8 Å². The van der Waals surface area contributed by atoms with Gasteiger partial charge >= 0.3 is 0 Å². The zero-order valence-corrected chi connectivity index (χ0v) is 10.3. The standard InChI is InChI=1S/C11H10N4O2S/c1-7(13-17)9-10(15-18-14-9)12-11(16)8-5-3-2-4-6-8/h2-6,17H,1H3,(H,12,15,16)/b13-7+. The normalized spacial score (nSPS) is 11.3. The maximum atomic E-state index is 11.9. The molecule has 0 fully saturated rings. The molecule has 2 N–H and O–H groups in total. The van der Waals surface area contributed by atoms with Gasteiger partial charge in [-0.1, -0.05) is 23.4 Å². The summed E-state index contributed by atoms with van der Waals surface area (Å²) in [4.78, 5) is 11.9. The predicted octanol–water partition coefficient (Wildman–Crippen LogP) is 1.99. The van der Waals surface area contributed by atoms with Gasteiger partial charge in [-0.15, -0.1) is 0 Å². The quantitative estimate of drug-likeness (QED) is 0.503. The number of anilines is 1. The maximum Gasteiger partial charge on any atom is 0.256 e. The smallest absolute Gasteiger partial charge is 0.256 e. The number of carbonyl (C=O) groups excluding carboxylic acids is 1. The van der Waals surface area contributed by atoms with E-state index < -0.39 is 0 Å². The third-order valence-corrected chi connectivity index (χ3v) is 2.78. The van der Waals surface area contributed by atoms with Crippen LogP contribution in [0.1, 0.15) is 23.0 Å². The Labute approximate surface area is 107 Å². The minimum Gasteiger partial charge on any atom is -0.411 e. The number of oxime groups is 1. The van der Waals surface area contributed by atoms with Crippen LogP contribution >= 0.6 is 11.7 Å². The van der Waals surface area contributed by atoms with Crippen LogP contribution in [0.25, 0.3) is 0 Å². The molecule has 0 saturated heterocycles. The molecule has 0 aliphatic rings. The van der Waals surface area contributed by atoms with Crippen LogP contribution in [0, 0.1) is 0 Å². The topological polar surface area (TPSA) is 87.5 Å². The third kappa shape index (κ3) is 2.51. The molecular weight excluding hydrogens is 252 g/mol. The molecule has 2 aromatic rings. The first-order valence-electron chi connectivity index (χ1n) is 5.10. The Hall–Kier alpha value is -2.28. The number of hydrogen-bond donors (Lipinski definition) is 2. The highest BCUT2D eigenvalue weighted by molar-refractivity contribution is 6.99. The van der Waals surface area contributed by atoms with Crippen molar-refractivity contribution in [3.05, 3.63) is 41.6 Å². The van der Waals surface area contributed by atoms with E-state index in [2.05, 4.69) is 19.2 Å². The Kier molecular flexibility index (Phi) is 3.63. The molecule has 1 aromatic heterocycles. The Bertz CT molecular complexity index is 580. The number of benzene rings is 1. The first-order valence-corrected chi connectivity index (χ1v) is 5.83. The van der Waals surface area contributed by atoms with Gasteiger partial charge in [0.2, 0.25) is 0 Å².